The van der Waals surface area contributed by atoms with Crippen LogP contribution in [0.25, 0.3) is 10.9 Å². The van der Waals surface area contributed by atoms with Crippen LogP contribution in [0, 0.1) is 0 Å². The summed E-state index contributed by atoms with van der Waals surface area (Å²) in [6, 6.07) is 4.39. The summed E-state index contributed by atoms with van der Waals surface area (Å²) < 4.78 is 4.93. The van der Waals surface area contributed by atoms with Crippen molar-refractivity contribution in [2.75, 3.05) is 7.11 Å². The Bertz CT molecular complexity index is 573. The standard InChI is InChI=1S/C10H9NO4/c1-15-9-6-3-2-5(12)4-7(6)11-10(14)8(9)13/h2-4,12-13H,1H3,(H,11,14). The Balaban J connectivity index is 2.94. The molecule has 1 aromatic heterocycles. The van der Waals surface area contributed by atoms with Gasteiger partial charge in [-0.3, -0.25) is 4.79 Å². The fourth-order valence-electron chi connectivity index (χ4n) is 1.45. The molecule has 0 radical (unpaired) electrons. The molecule has 5 heteroatoms. The number of pyridine rings is 1. The predicted octanol–water partition coefficient (Wildman–Crippen LogP) is 0.948. The van der Waals surface area contributed by atoms with Crippen molar-refractivity contribution >= 4 is 10.9 Å². The highest BCUT2D eigenvalue weighted by Gasteiger charge is 2.11. The normalized spacial score (nSPS) is 10.5. The Kier molecular flexibility index (Phi) is 2.00. The van der Waals surface area contributed by atoms with E-state index in [9.17, 15) is 15.0 Å². The summed E-state index contributed by atoms with van der Waals surface area (Å²) in [5, 5.41) is 19.2. The van der Waals surface area contributed by atoms with Crippen molar-refractivity contribution in [1.29, 1.82) is 0 Å². The highest BCUT2D eigenvalue weighted by molar-refractivity contribution is 5.88. The molecule has 15 heavy (non-hydrogen) atoms. The first-order chi connectivity index (χ1) is 7.13. The minimum atomic E-state index is -0.648. The van der Waals surface area contributed by atoms with Crippen molar-refractivity contribution < 1.29 is 14.9 Å². The number of ether oxygens (including phenoxy) is 1. The summed E-state index contributed by atoms with van der Waals surface area (Å²) in [6.45, 7) is 0. The van der Waals surface area contributed by atoms with Gasteiger partial charge >= 0.3 is 0 Å². The summed E-state index contributed by atoms with van der Waals surface area (Å²) in [4.78, 5) is 13.7. The topological polar surface area (TPSA) is 82.5 Å². The van der Waals surface area contributed by atoms with Crippen LogP contribution >= 0.6 is 0 Å². The van der Waals surface area contributed by atoms with Gasteiger partial charge in [-0.15, -0.1) is 0 Å². The second kappa shape index (κ2) is 3.20. The summed E-state index contributed by atoms with van der Waals surface area (Å²) in [7, 11) is 1.36. The number of nitrogens with one attached hydrogen (secondary N) is 1. The van der Waals surface area contributed by atoms with E-state index in [4.69, 9.17) is 4.74 Å². The highest BCUT2D eigenvalue weighted by atomic mass is 16.5. The number of hydrogen-bond acceptors (Lipinski definition) is 4. The number of rotatable bonds is 1. The first kappa shape index (κ1) is 9.39. The molecule has 2 rings (SSSR count). The Hall–Kier alpha value is -2.17. The quantitative estimate of drug-likeness (QED) is 0.650. The van der Waals surface area contributed by atoms with E-state index >= 15 is 0 Å². The second-order valence-corrected chi connectivity index (χ2v) is 3.07. The fraction of sp³-hybridized carbons (Fsp3) is 0.100. The first-order valence-electron chi connectivity index (χ1n) is 4.25. The zero-order valence-electron chi connectivity index (χ0n) is 7.94. The molecular weight excluding hydrogens is 198 g/mol. The molecule has 0 saturated carbocycles. The van der Waals surface area contributed by atoms with Crippen LogP contribution in [0.1, 0.15) is 0 Å². The third kappa shape index (κ3) is 1.38. The highest BCUT2D eigenvalue weighted by Crippen LogP contribution is 2.31. The molecule has 1 heterocycles. The smallest absolute Gasteiger partial charge is 0.294 e. The lowest BCUT2D eigenvalue weighted by molar-refractivity contribution is 0.374. The molecule has 3 N–H and O–H groups in total. The number of H-pyrrole nitrogens is 1. The van der Waals surface area contributed by atoms with E-state index in [-0.39, 0.29) is 11.5 Å². The maximum Gasteiger partial charge on any atom is 0.294 e. The molecule has 0 atom stereocenters. The lowest BCUT2D eigenvalue weighted by Gasteiger charge is -2.06. The summed E-state index contributed by atoms with van der Waals surface area (Å²) in [5.74, 6) is -0.324. The van der Waals surface area contributed by atoms with Crippen molar-refractivity contribution in [3.63, 3.8) is 0 Å². The SMILES string of the molecule is COc1c(O)c(=O)[nH]c2cc(O)ccc12. The Morgan fingerprint density at radius 3 is 2.73 bits per heavy atom. The fourth-order valence-corrected chi connectivity index (χ4v) is 1.45. The third-order valence-electron chi connectivity index (χ3n) is 2.13. The summed E-state index contributed by atoms with van der Waals surface area (Å²) >= 11 is 0. The average molecular weight is 207 g/mol. The van der Waals surface area contributed by atoms with Gasteiger partial charge in [0, 0.05) is 11.5 Å². The zero-order chi connectivity index (χ0) is 11.0. The van der Waals surface area contributed by atoms with Crippen LogP contribution in [0.5, 0.6) is 17.2 Å². The molecule has 0 aliphatic heterocycles. The van der Waals surface area contributed by atoms with Gasteiger partial charge in [0.25, 0.3) is 5.56 Å². The van der Waals surface area contributed by atoms with E-state index in [1.165, 1.54) is 19.2 Å². The van der Waals surface area contributed by atoms with Gasteiger partial charge in [-0.1, -0.05) is 0 Å². The number of methoxy groups -OCH3 is 1. The molecule has 1 aromatic carbocycles. The maximum absolute atomic E-state index is 11.3. The van der Waals surface area contributed by atoms with E-state index in [0.29, 0.717) is 10.9 Å². The molecular formula is C10H9NO4. The van der Waals surface area contributed by atoms with E-state index in [0.717, 1.165) is 0 Å². The molecule has 0 saturated heterocycles. The van der Waals surface area contributed by atoms with Crippen LogP contribution < -0.4 is 10.3 Å². The third-order valence-corrected chi connectivity index (χ3v) is 2.13. The zero-order valence-corrected chi connectivity index (χ0v) is 7.94. The molecule has 0 aliphatic carbocycles. The van der Waals surface area contributed by atoms with E-state index in [2.05, 4.69) is 4.98 Å². The number of aromatic nitrogens is 1. The first-order valence-corrected chi connectivity index (χ1v) is 4.25. The Morgan fingerprint density at radius 2 is 2.07 bits per heavy atom. The molecule has 0 spiro atoms. The molecule has 0 unspecified atom stereocenters. The van der Waals surface area contributed by atoms with Gasteiger partial charge in [-0.05, 0) is 12.1 Å². The van der Waals surface area contributed by atoms with Gasteiger partial charge in [-0.2, -0.15) is 0 Å². The number of aromatic amines is 1. The van der Waals surface area contributed by atoms with Crippen molar-refractivity contribution in [2.24, 2.45) is 0 Å². The lowest BCUT2D eigenvalue weighted by Crippen LogP contribution is -2.06. The number of hydrogen-bond donors (Lipinski definition) is 3. The molecule has 0 bridgehead atoms. The number of benzene rings is 1. The van der Waals surface area contributed by atoms with Crippen molar-refractivity contribution in [1.82, 2.24) is 4.98 Å². The number of phenols is 1. The molecule has 0 amide bonds. The minimum Gasteiger partial charge on any atom is -0.508 e. The molecule has 5 nitrogen and oxygen atoms in total. The largest absolute Gasteiger partial charge is 0.508 e. The van der Waals surface area contributed by atoms with Crippen LogP contribution in [0.4, 0.5) is 0 Å². The number of aromatic hydroxyl groups is 2. The number of fused-ring (bicyclic) bond motifs is 1. The van der Waals surface area contributed by atoms with E-state index < -0.39 is 11.3 Å². The van der Waals surface area contributed by atoms with Gasteiger partial charge in [0.1, 0.15) is 5.75 Å². The van der Waals surface area contributed by atoms with Gasteiger partial charge < -0.3 is 19.9 Å². The van der Waals surface area contributed by atoms with Crippen LogP contribution in [0.2, 0.25) is 0 Å². The maximum atomic E-state index is 11.3. The predicted molar refractivity (Wildman–Crippen MR) is 54.5 cm³/mol. The lowest BCUT2D eigenvalue weighted by atomic mass is 10.2. The van der Waals surface area contributed by atoms with E-state index in [1.807, 2.05) is 0 Å². The van der Waals surface area contributed by atoms with Crippen LogP contribution in [0.3, 0.4) is 0 Å². The van der Waals surface area contributed by atoms with Crippen LogP contribution in [-0.4, -0.2) is 22.3 Å². The molecule has 78 valence electrons. The average Bonchev–Trinajstić information content (AvgIpc) is 2.20. The summed E-state index contributed by atoms with van der Waals surface area (Å²) in [6.07, 6.45) is 0. The molecule has 0 fully saturated rings. The molecule has 0 aliphatic rings. The van der Waals surface area contributed by atoms with Crippen molar-refractivity contribution in [3.8, 4) is 17.2 Å². The van der Waals surface area contributed by atoms with E-state index in [1.54, 1.807) is 6.07 Å². The van der Waals surface area contributed by atoms with Crippen molar-refractivity contribution in [3.05, 3.63) is 28.6 Å². The van der Waals surface area contributed by atoms with Gasteiger partial charge in [-0.25, -0.2) is 0 Å². The van der Waals surface area contributed by atoms with Crippen LogP contribution in [0.15, 0.2) is 23.0 Å². The van der Waals surface area contributed by atoms with Crippen LogP contribution in [-0.2, 0) is 0 Å². The monoisotopic (exact) mass is 207 g/mol. The van der Waals surface area contributed by atoms with Gasteiger partial charge in [0.15, 0.2) is 5.75 Å². The second-order valence-electron chi connectivity index (χ2n) is 3.07. The molecule has 2 aromatic rings. The summed E-state index contributed by atoms with van der Waals surface area (Å²) in [5.41, 5.74) is -0.236. The number of phenolic OH excluding ortho intramolecular Hbond substituents is 1. The Morgan fingerprint density at radius 1 is 1.33 bits per heavy atom. The van der Waals surface area contributed by atoms with Gasteiger partial charge in [0.05, 0.1) is 12.6 Å². The van der Waals surface area contributed by atoms with Gasteiger partial charge in [0.2, 0.25) is 5.75 Å². The Labute approximate surface area is 84.6 Å². The van der Waals surface area contributed by atoms with Crippen molar-refractivity contribution in [2.45, 2.75) is 0 Å². The minimum absolute atomic E-state index is 0.0332.